The number of rotatable bonds is 1. The number of aryl methyl sites for hydroxylation is 1. The third-order valence-electron chi connectivity index (χ3n) is 1.96. The maximum atomic E-state index is 11.4. The Bertz CT molecular complexity index is 510. The molecule has 0 radical (unpaired) electrons. The number of carbonyl (C=O) groups excluding carboxylic acids is 1. The highest BCUT2D eigenvalue weighted by atomic mass is 32.1. The number of aliphatic imine (C=N–C) groups is 1. The minimum Gasteiger partial charge on any atom is -0.733 e. The molecule has 2 rings (SSSR count). The van der Waals surface area contributed by atoms with Crippen LogP contribution >= 0.6 is 0 Å². The van der Waals surface area contributed by atoms with Crippen LogP contribution in [0, 0.1) is 6.92 Å². The summed E-state index contributed by atoms with van der Waals surface area (Å²) in [6.07, 6.45) is 0. The van der Waals surface area contributed by atoms with Gasteiger partial charge in [-0.3, -0.25) is 4.79 Å². The highest BCUT2D eigenvalue weighted by Gasteiger charge is 2.27. The highest BCUT2D eigenvalue weighted by Crippen LogP contribution is 2.06. The molecule has 1 aromatic carbocycles. The SMILES string of the molecule is Cc1ccc(C2=[N+]=NC([S-])=NC2=O)cc1. The van der Waals surface area contributed by atoms with Crippen molar-refractivity contribution in [2.45, 2.75) is 6.92 Å². The van der Waals surface area contributed by atoms with Crippen molar-refractivity contribution in [3.63, 3.8) is 0 Å². The zero-order valence-corrected chi connectivity index (χ0v) is 8.78. The summed E-state index contributed by atoms with van der Waals surface area (Å²) in [4.78, 5) is 18.8. The molecule has 0 saturated carbocycles. The minimum atomic E-state index is -0.432. The smallest absolute Gasteiger partial charge is 0.438 e. The van der Waals surface area contributed by atoms with Gasteiger partial charge in [0.05, 0.1) is 15.5 Å². The molecule has 1 aliphatic heterocycles. The first-order valence-corrected chi connectivity index (χ1v) is 4.73. The number of amides is 1. The summed E-state index contributed by atoms with van der Waals surface area (Å²) in [5, 5.41) is 3.57. The summed E-state index contributed by atoms with van der Waals surface area (Å²) in [5.74, 6) is -0.432. The quantitative estimate of drug-likeness (QED) is 0.518. The predicted molar refractivity (Wildman–Crippen MR) is 57.8 cm³/mol. The van der Waals surface area contributed by atoms with Crippen molar-refractivity contribution < 1.29 is 9.58 Å². The molecule has 0 saturated heterocycles. The Labute approximate surface area is 91.9 Å². The van der Waals surface area contributed by atoms with Crippen LogP contribution in [0.4, 0.5) is 0 Å². The van der Waals surface area contributed by atoms with Crippen LogP contribution in [-0.2, 0) is 17.4 Å². The molecule has 0 unspecified atom stereocenters. The first kappa shape index (κ1) is 9.71. The number of amidine groups is 1. The molecule has 0 bridgehead atoms. The maximum Gasteiger partial charge on any atom is 0.438 e. The van der Waals surface area contributed by atoms with Gasteiger partial charge in [-0.15, -0.1) is 0 Å². The van der Waals surface area contributed by atoms with Gasteiger partial charge in [0.2, 0.25) is 0 Å². The van der Waals surface area contributed by atoms with Gasteiger partial charge >= 0.3 is 11.6 Å². The molecule has 4 nitrogen and oxygen atoms in total. The second-order valence-corrected chi connectivity index (χ2v) is 3.48. The fourth-order valence-corrected chi connectivity index (χ4v) is 1.31. The number of hydrogen-bond donors (Lipinski definition) is 0. The summed E-state index contributed by atoms with van der Waals surface area (Å²) in [7, 11) is 0. The van der Waals surface area contributed by atoms with Crippen molar-refractivity contribution in [3.8, 4) is 0 Å². The monoisotopic (exact) mass is 217 g/mol. The average Bonchev–Trinajstić information content (AvgIpc) is 2.20. The van der Waals surface area contributed by atoms with Crippen molar-refractivity contribution in [3.05, 3.63) is 35.4 Å². The van der Waals surface area contributed by atoms with Crippen LogP contribution in [0.2, 0.25) is 0 Å². The van der Waals surface area contributed by atoms with Crippen molar-refractivity contribution >= 4 is 29.4 Å². The Balaban J connectivity index is 2.46. The minimum absolute atomic E-state index is 0.0177. The van der Waals surface area contributed by atoms with E-state index in [4.69, 9.17) is 0 Å². The Morgan fingerprint density at radius 2 is 1.93 bits per heavy atom. The van der Waals surface area contributed by atoms with Crippen LogP contribution in [0.15, 0.2) is 34.4 Å². The fourth-order valence-electron chi connectivity index (χ4n) is 1.19. The summed E-state index contributed by atoms with van der Waals surface area (Å²) in [6.45, 7) is 1.97. The van der Waals surface area contributed by atoms with Crippen LogP contribution in [0.25, 0.3) is 0 Å². The van der Waals surface area contributed by atoms with E-state index in [9.17, 15) is 4.79 Å². The van der Waals surface area contributed by atoms with Gasteiger partial charge in [0.1, 0.15) is 5.11 Å². The second kappa shape index (κ2) is 3.73. The summed E-state index contributed by atoms with van der Waals surface area (Å²) in [6, 6.07) is 7.42. The third kappa shape index (κ3) is 1.98. The lowest BCUT2D eigenvalue weighted by Crippen LogP contribution is -2.19. The Kier molecular flexibility index (Phi) is 2.41. The topological polar surface area (TPSA) is 55.9 Å². The molecule has 0 aromatic heterocycles. The Morgan fingerprint density at radius 3 is 2.53 bits per heavy atom. The normalized spacial score (nSPS) is 14.9. The second-order valence-electron chi connectivity index (χ2n) is 3.11. The molecule has 15 heavy (non-hydrogen) atoms. The van der Waals surface area contributed by atoms with E-state index < -0.39 is 5.91 Å². The Morgan fingerprint density at radius 1 is 1.27 bits per heavy atom. The molecular formula is C10H7N3OS. The van der Waals surface area contributed by atoms with Gasteiger partial charge in [-0.2, -0.15) is 0 Å². The van der Waals surface area contributed by atoms with E-state index in [0.717, 1.165) is 5.56 Å². The zero-order valence-electron chi connectivity index (χ0n) is 7.97. The molecule has 5 heteroatoms. The highest BCUT2D eigenvalue weighted by molar-refractivity contribution is 7.77. The summed E-state index contributed by atoms with van der Waals surface area (Å²) in [5.41, 5.74) is 2.07. The van der Waals surface area contributed by atoms with Crippen LogP contribution in [0.1, 0.15) is 11.1 Å². The van der Waals surface area contributed by atoms with Crippen LogP contribution in [-0.4, -0.2) is 21.6 Å². The molecule has 1 amide bonds. The van der Waals surface area contributed by atoms with Crippen molar-refractivity contribution in [2.75, 3.05) is 0 Å². The van der Waals surface area contributed by atoms with Crippen molar-refractivity contribution in [1.82, 2.24) is 0 Å². The molecule has 74 valence electrons. The molecule has 0 N–H and O–H groups in total. The molecule has 0 atom stereocenters. The average molecular weight is 217 g/mol. The van der Waals surface area contributed by atoms with E-state index in [1.54, 1.807) is 0 Å². The molecule has 1 aliphatic rings. The van der Waals surface area contributed by atoms with E-state index in [0.29, 0.717) is 5.56 Å². The van der Waals surface area contributed by atoms with Gasteiger partial charge in [-0.05, 0) is 19.1 Å². The van der Waals surface area contributed by atoms with Crippen molar-refractivity contribution in [1.29, 1.82) is 0 Å². The molecular weight excluding hydrogens is 210 g/mol. The Hall–Kier alpha value is -1.84. The molecule has 0 aliphatic carbocycles. The van der Waals surface area contributed by atoms with E-state index in [2.05, 4.69) is 27.5 Å². The largest absolute Gasteiger partial charge is 0.733 e. The van der Waals surface area contributed by atoms with Crippen LogP contribution in [0.3, 0.4) is 0 Å². The molecule has 0 fully saturated rings. The lowest BCUT2D eigenvalue weighted by Gasteiger charge is -1.98. The fraction of sp³-hybridized carbons (Fsp3) is 0.100. The lowest BCUT2D eigenvalue weighted by molar-refractivity contribution is -0.122. The molecule has 0 spiro atoms. The number of hydrogen-bond acceptors (Lipinski definition) is 3. The van der Waals surface area contributed by atoms with Gasteiger partial charge in [0.15, 0.2) is 0 Å². The van der Waals surface area contributed by atoms with Crippen LogP contribution < -0.4 is 0 Å². The standard InChI is InChI=1S/C10H7N3OS/c1-6-2-4-7(5-3-6)8-9(14)11-10(15)13-12-8/h2-5H,1H3. The van der Waals surface area contributed by atoms with Gasteiger partial charge in [0, 0.05) is 0 Å². The van der Waals surface area contributed by atoms with Gasteiger partial charge in [-0.25, -0.2) is 4.99 Å². The maximum absolute atomic E-state index is 11.4. The summed E-state index contributed by atoms with van der Waals surface area (Å²) < 4.78 is 0. The number of nitrogens with zero attached hydrogens (tertiary/aromatic N) is 3. The van der Waals surface area contributed by atoms with Gasteiger partial charge in [-0.1, -0.05) is 17.7 Å². The van der Waals surface area contributed by atoms with E-state index >= 15 is 0 Å². The lowest BCUT2D eigenvalue weighted by atomic mass is 10.1. The third-order valence-corrected chi connectivity index (χ3v) is 2.13. The van der Waals surface area contributed by atoms with E-state index in [1.807, 2.05) is 31.2 Å². The van der Waals surface area contributed by atoms with E-state index in [1.165, 1.54) is 0 Å². The van der Waals surface area contributed by atoms with E-state index in [-0.39, 0.29) is 10.9 Å². The first-order chi connectivity index (χ1) is 7.16. The number of carbonyl (C=O) groups is 1. The van der Waals surface area contributed by atoms with Gasteiger partial charge in [0.25, 0.3) is 0 Å². The first-order valence-electron chi connectivity index (χ1n) is 4.32. The zero-order chi connectivity index (χ0) is 10.8. The predicted octanol–water partition coefficient (Wildman–Crippen LogP) is 0.888. The molecule has 1 aromatic rings. The van der Waals surface area contributed by atoms with Gasteiger partial charge < -0.3 is 12.6 Å². The van der Waals surface area contributed by atoms with Crippen LogP contribution in [0.5, 0.6) is 0 Å². The molecule has 1 heterocycles. The van der Waals surface area contributed by atoms with Crippen molar-refractivity contribution in [2.24, 2.45) is 10.1 Å². The number of benzene rings is 1. The summed E-state index contributed by atoms with van der Waals surface area (Å²) >= 11 is 4.65.